The molecule has 104 valence electrons. The molecule has 0 bridgehead atoms. The summed E-state index contributed by atoms with van der Waals surface area (Å²) < 4.78 is 5.36. The molecule has 0 aromatic heterocycles. The van der Waals surface area contributed by atoms with Crippen molar-refractivity contribution in [3.8, 4) is 0 Å². The topological polar surface area (TPSA) is 64.3 Å². The highest BCUT2D eigenvalue weighted by molar-refractivity contribution is 5.94. The summed E-state index contributed by atoms with van der Waals surface area (Å²) in [4.78, 5) is 11.7. The zero-order valence-corrected chi connectivity index (χ0v) is 11.4. The van der Waals surface area contributed by atoms with Gasteiger partial charge < -0.3 is 15.8 Å². The van der Waals surface area contributed by atoms with Crippen molar-refractivity contribution >= 4 is 17.3 Å². The second-order valence-corrected chi connectivity index (χ2v) is 4.62. The van der Waals surface area contributed by atoms with Crippen LogP contribution in [-0.2, 0) is 16.1 Å². The Kier molecular flexibility index (Phi) is 4.74. The van der Waals surface area contributed by atoms with Crippen LogP contribution in [0.4, 0.5) is 11.4 Å². The van der Waals surface area contributed by atoms with Crippen LogP contribution in [0.2, 0.25) is 0 Å². The summed E-state index contributed by atoms with van der Waals surface area (Å²) >= 11 is 0. The highest BCUT2D eigenvalue weighted by Crippen LogP contribution is 2.19. The van der Waals surface area contributed by atoms with Gasteiger partial charge in [0, 0.05) is 0 Å². The summed E-state index contributed by atoms with van der Waals surface area (Å²) in [6.07, 6.45) is 0. The molecule has 0 atom stereocenters. The predicted octanol–water partition coefficient (Wildman–Crippen LogP) is 2.73. The molecular weight excluding hydrogens is 252 g/mol. The lowest BCUT2D eigenvalue weighted by atomic mass is 10.2. The number of amides is 1. The standard InChI is InChI=1S/C16H18N2O2/c1-12-7-8-15(14(17)9-12)18-16(19)11-20-10-13-5-3-2-4-6-13/h2-9H,10-11,17H2,1H3,(H,18,19). The van der Waals surface area contributed by atoms with Crippen molar-refractivity contribution in [1.82, 2.24) is 0 Å². The van der Waals surface area contributed by atoms with Crippen LogP contribution >= 0.6 is 0 Å². The van der Waals surface area contributed by atoms with E-state index in [2.05, 4.69) is 5.32 Å². The molecule has 4 nitrogen and oxygen atoms in total. The van der Waals surface area contributed by atoms with Gasteiger partial charge in [0.15, 0.2) is 0 Å². The number of benzene rings is 2. The maximum atomic E-state index is 11.7. The number of nitrogen functional groups attached to an aromatic ring is 1. The zero-order chi connectivity index (χ0) is 14.4. The summed E-state index contributed by atoms with van der Waals surface area (Å²) in [5.74, 6) is -0.212. The molecular formula is C16H18N2O2. The molecule has 0 saturated heterocycles. The fraction of sp³-hybridized carbons (Fsp3) is 0.188. The molecule has 2 aromatic carbocycles. The Hall–Kier alpha value is -2.33. The van der Waals surface area contributed by atoms with Crippen molar-refractivity contribution < 1.29 is 9.53 Å². The fourth-order valence-electron chi connectivity index (χ4n) is 1.82. The summed E-state index contributed by atoms with van der Waals surface area (Å²) in [6.45, 7) is 2.37. The first kappa shape index (κ1) is 14.1. The third-order valence-electron chi connectivity index (χ3n) is 2.83. The number of hydrogen-bond donors (Lipinski definition) is 2. The second-order valence-electron chi connectivity index (χ2n) is 4.62. The van der Waals surface area contributed by atoms with E-state index < -0.39 is 0 Å². The average molecular weight is 270 g/mol. The second kappa shape index (κ2) is 6.73. The third kappa shape index (κ3) is 4.10. The molecule has 2 aromatic rings. The Bertz CT molecular complexity index is 582. The minimum Gasteiger partial charge on any atom is -0.397 e. The lowest BCUT2D eigenvalue weighted by Gasteiger charge is -2.09. The molecule has 20 heavy (non-hydrogen) atoms. The van der Waals surface area contributed by atoms with E-state index >= 15 is 0 Å². The first-order valence-electron chi connectivity index (χ1n) is 6.43. The van der Waals surface area contributed by atoms with Gasteiger partial charge in [0.05, 0.1) is 18.0 Å². The van der Waals surface area contributed by atoms with Crippen molar-refractivity contribution in [3.05, 3.63) is 59.7 Å². The van der Waals surface area contributed by atoms with Crippen molar-refractivity contribution in [2.24, 2.45) is 0 Å². The Balaban J connectivity index is 1.81. The van der Waals surface area contributed by atoms with Crippen LogP contribution in [0.15, 0.2) is 48.5 Å². The monoisotopic (exact) mass is 270 g/mol. The average Bonchev–Trinajstić information content (AvgIpc) is 2.43. The van der Waals surface area contributed by atoms with Gasteiger partial charge in [0.1, 0.15) is 6.61 Å². The van der Waals surface area contributed by atoms with E-state index in [4.69, 9.17) is 10.5 Å². The van der Waals surface area contributed by atoms with Gasteiger partial charge >= 0.3 is 0 Å². The van der Waals surface area contributed by atoms with Crippen molar-refractivity contribution in [2.45, 2.75) is 13.5 Å². The van der Waals surface area contributed by atoms with Gasteiger partial charge in [-0.25, -0.2) is 0 Å². The lowest BCUT2D eigenvalue weighted by molar-refractivity contribution is -0.121. The van der Waals surface area contributed by atoms with Gasteiger partial charge in [0.25, 0.3) is 0 Å². The number of anilines is 2. The van der Waals surface area contributed by atoms with Gasteiger partial charge in [-0.15, -0.1) is 0 Å². The van der Waals surface area contributed by atoms with Crippen LogP contribution in [0.3, 0.4) is 0 Å². The Morgan fingerprint density at radius 1 is 1.20 bits per heavy atom. The van der Waals surface area contributed by atoms with Crippen molar-refractivity contribution in [1.29, 1.82) is 0 Å². The Labute approximate surface area is 118 Å². The Morgan fingerprint density at radius 3 is 2.65 bits per heavy atom. The number of ether oxygens (including phenoxy) is 1. The summed E-state index contributed by atoms with van der Waals surface area (Å²) in [5, 5.41) is 2.73. The van der Waals surface area contributed by atoms with E-state index in [1.165, 1.54) is 0 Å². The number of carbonyl (C=O) groups excluding carboxylic acids is 1. The van der Waals surface area contributed by atoms with Gasteiger partial charge in [-0.05, 0) is 30.2 Å². The zero-order valence-electron chi connectivity index (χ0n) is 11.4. The summed E-state index contributed by atoms with van der Waals surface area (Å²) in [5.41, 5.74) is 9.10. The quantitative estimate of drug-likeness (QED) is 0.821. The molecule has 0 aliphatic heterocycles. The number of nitrogens with one attached hydrogen (secondary N) is 1. The van der Waals surface area contributed by atoms with Crippen LogP contribution in [0, 0.1) is 6.92 Å². The summed E-state index contributed by atoms with van der Waals surface area (Å²) in [7, 11) is 0. The molecule has 0 aliphatic carbocycles. The number of aryl methyl sites for hydroxylation is 1. The minimum atomic E-state index is -0.212. The molecule has 0 heterocycles. The molecule has 0 aliphatic rings. The SMILES string of the molecule is Cc1ccc(NC(=O)COCc2ccccc2)c(N)c1. The molecule has 0 unspecified atom stereocenters. The molecule has 0 radical (unpaired) electrons. The number of nitrogens with two attached hydrogens (primary N) is 1. The number of hydrogen-bond acceptors (Lipinski definition) is 3. The van der Waals surface area contributed by atoms with Crippen LogP contribution < -0.4 is 11.1 Å². The van der Waals surface area contributed by atoms with Gasteiger partial charge in [0.2, 0.25) is 5.91 Å². The first-order valence-corrected chi connectivity index (χ1v) is 6.43. The minimum absolute atomic E-state index is 0.00219. The van der Waals surface area contributed by atoms with E-state index in [1.807, 2.05) is 49.4 Å². The highest BCUT2D eigenvalue weighted by atomic mass is 16.5. The molecule has 2 rings (SSSR count). The lowest BCUT2D eigenvalue weighted by Crippen LogP contribution is -2.19. The maximum Gasteiger partial charge on any atom is 0.250 e. The molecule has 3 N–H and O–H groups in total. The number of carbonyl (C=O) groups is 1. The first-order chi connectivity index (χ1) is 9.65. The highest BCUT2D eigenvalue weighted by Gasteiger charge is 2.05. The largest absolute Gasteiger partial charge is 0.397 e. The van der Waals surface area contributed by atoms with Crippen molar-refractivity contribution in [3.63, 3.8) is 0 Å². The van der Waals surface area contributed by atoms with Crippen LogP contribution in [-0.4, -0.2) is 12.5 Å². The third-order valence-corrected chi connectivity index (χ3v) is 2.83. The van der Waals surface area contributed by atoms with Crippen LogP contribution in [0.25, 0.3) is 0 Å². The van der Waals surface area contributed by atoms with E-state index in [0.29, 0.717) is 18.0 Å². The molecule has 0 saturated carbocycles. The van der Waals surface area contributed by atoms with E-state index in [-0.39, 0.29) is 12.5 Å². The Morgan fingerprint density at radius 2 is 1.95 bits per heavy atom. The van der Waals surface area contributed by atoms with E-state index in [1.54, 1.807) is 6.07 Å². The van der Waals surface area contributed by atoms with Gasteiger partial charge in [-0.1, -0.05) is 36.4 Å². The molecule has 4 heteroatoms. The van der Waals surface area contributed by atoms with Gasteiger partial charge in [-0.3, -0.25) is 4.79 Å². The molecule has 0 fully saturated rings. The summed E-state index contributed by atoms with van der Waals surface area (Å²) in [6, 6.07) is 15.2. The number of rotatable bonds is 5. The van der Waals surface area contributed by atoms with E-state index in [9.17, 15) is 4.79 Å². The smallest absolute Gasteiger partial charge is 0.250 e. The normalized spacial score (nSPS) is 10.2. The molecule has 0 spiro atoms. The van der Waals surface area contributed by atoms with Crippen LogP contribution in [0.1, 0.15) is 11.1 Å². The van der Waals surface area contributed by atoms with Crippen LogP contribution in [0.5, 0.6) is 0 Å². The van der Waals surface area contributed by atoms with E-state index in [0.717, 1.165) is 11.1 Å². The van der Waals surface area contributed by atoms with Crippen molar-refractivity contribution in [2.75, 3.05) is 17.7 Å². The fourth-order valence-corrected chi connectivity index (χ4v) is 1.82. The maximum absolute atomic E-state index is 11.7. The predicted molar refractivity (Wildman–Crippen MR) is 80.3 cm³/mol. The van der Waals surface area contributed by atoms with Gasteiger partial charge in [-0.2, -0.15) is 0 Å². The molecule has 1 amide bonds.